The number of carbonyl (C=O) groups excluding carboxylic acids is 1. The Morgan fingerprint density at radius 3 is 2.90 bits per heavy atom. The first-order valence-corrected chi connectivity index (χ1v) is 6.40. The third-order valence-corrected chi connectivity index (χ3v) is 3.61. The van der Waals surface area contributed by atoms with E-state index in [1.807, 2.05) is 21.8 Å². The predicted molar refractivity (Wildman–Crippen MR) is 71.1 cm³/mol. The van der Waals surface area contributed by atoms with Gasteiger partial charge < -0.3 is 4.90 Å². The fourth-order valence-corrected chi connectivity index (χ4v) is 2.44. The van der Waals surface area contributed by atoms with Crippen LogP contribution in [0.1, 0.15) is 16.4 Å². The van der Waals surface area contributed by atoms with Gasteiger partial charge in [0.05, 0.1) is 6.04 Å². The van der Waals surface area contributed by atoms with Gasteiger partial charge in [0.25, 0.3) is 5.91 Å². The van der Waals surface area contributed by atoms with Gasteiger partial charge in [-0.15, -0.1) is 0 Å². The van der Waals surface area contributed by atoms with Crippen LogP contribution in [0.5, 0.6) is 0 Å². The standard InChI is InChI=1S/C13H12N6O/c20-13(9-2-3-11-12(6-9)16-17-15-11)18-7-10(8-18)19-5-1-4-14-19/h1-6,10H,7-8H2,(H,15,16,17). The highest BCUT2D eigenvalue weighted by molar-refractivity contribution is 5.97. The molecule has 0 saturated carbocycles. The second-order valence-electron chi connectivity index (χ2n) is 4.88. The zero-order chi connectivity index (χ0) is 13.5. The van der Waals surface area contributed by atoms with Gasteiger partial charge >= 0.3 is 0 Å². The van der Waals surface area contributed by atoms with Gasteiger partial charge in [-0.2, -0.15) is 20.5 Å². The van der Waals surface area contributed by atoms with E-state index in [9.17, 15) is 4.79 Å². The van der Waals surface area contributed by atoms with E-state index in [2.05, 4.69) is 20.5 Å². The van der Waals surface area contributed by atoms with E-state index in [1.54, 1.807) is 24.4 Å². The fraction of sp³-hybridized carbons (Fsp3) is 0.231. The van der Waals surface area contributed by atoms with Gasteiger partial charge in [-0.25, -0.2) is 0 Å². The number of aromatic amines is 1. The first-order valence-electron chi connectivity index (χ1n) is 6.40. The van der Waals surface area contributed by atoms with E-state index >= 15 is 0 Å². The summed E-state index contributed by atoms with van der Waals surface area (Å²) in [6.45, 7) is 1.38. The highest BCUT2D eigenvalue weighted by Crippen LogP contribution is 2.23. The molecule has 1 saturated heterocycles. The molecule has 7 heteroatoms. The maximum atomic E-state index is 12.3. The van der Waals surface area contributed by atoms with Gasteiger partial charge in [-0.05, 0) is 24.3 Å². The van der Waals surface area contributed by atoms with E-state index < -0.39 is 0 Å². The van der Waals surface area contributed by atoms with E-state index in [-0.39, 0.29) is 11.9 Å². The molecule has 3 aromatic rings. The van der Waals surface area contributed by atoms with E-state index in [0.717, 1.165) is 5.52 Å². The Labute approximate surface area is 114 Å². The largest absolute Gasteiger partial charge is 0.334 e. The van der Waals surface area contributed by atoms with Crippen LogP contribution in [0.4, 0.5) is 0 Å². The molecule has 1 aliphatic heterocycles. The van der Waals surface area contributed by atoms with Crippen LogP contribution < -0.4 is 0 Å². The van der Waals surface area contributed by atoms with Crippen molar-refractivity contribution < 1.29 is 4.79 Å². The number of nitrogens with zero attached hydrogens (tertiary/aromatic N) is 5. The zero-order valence-electron chi connectivity index (χ0n) is 10.6. The molecule has 20 heavy (non-hydrogen) atoms. The molecule has 1 amide bonds. The Kier molecular flexibility index (Phi) is 2.32. The number of fused-ring (bicyclic) bond motifs is 1. The number of aromatic nitrogens is 5. The lowest BCUT2D eigenvalue weighted by atomic mass is 10.1. The monoisotopic (exact) mass is 268 g/mol. The van der Waals surface area contributed by atoms with Gasteiger partial charge in [0, 0.05) is 31.0 Å². The summed E-state index contributed by atoms with van der Waals surface area (Å²) in [7, 11) is 0. The van der Waals surface area contributed by atoms with Crippen LogP contribution in [0.3, 0.4) is 0 Å². The third-order valence-electron chi connectivity index (χ3n) is 3.61. The zero-order valence-corrected chi connectivity index (χ0v) is 10.6. The topological polar surface area (TPSA) is 79.7 Å². The van der Waals surface area contributed by atoms with Gasteiger partial charge in [0.15, 0.2) is 0 Å². The average molecular weight is 268 g/mol. The Bertz CT molecular complexity index is 756. The first-order chi connectivity index (χ1) is 9.81. The Morgan fingerprint density at radius 2 is 2.10 bits per heavy atom. The number of hydrogen-bond acceptors (Lipinski definition) is 4. The SMILES string of the molecule is O=C(c1ccc2n[nH]nc2c1)N1CC(n2cccn2)C1. The number of benzene rings is 1. The molecule has 1 N–H and O–H groups in total. The highest BCUT2D eigenvalue weighted by Gasteiger charge is 2.32. The summed E-state index contributed by atoms with van der Waals surface area (Å²) in [6, 6.07) is 7.53. The minimum Gasteiger partial charge on any atom is -0.334 e. The normalized spacial score (nSPS) is 15.5. The lowest BCUT2D eigenvalue weighted by Crippen LogP contribution is -2.50. The second kappa shape index (κ2) is 4.16. The quantitative estimate of drug-likeness (QED) is 0.747. The number of rotatable bonds is 2. The average Bonchev–Trinajstić information content (AvgIpc) is 3.06. The summed E-state index contributed by atoms with van der Waals surface area (Å²) in [5.74, 6) is 0.0262. The summed E-state index contributed by atoms with van der Waals surface area (Å²) in [4.78, 5) is 14.2. The number of likely N-dealkylation sites (tertiary alicyclic amines) is 1. The smallest absolute Gasteiger partial charge is 0.254 e. The Hall–Kier alpha value is -2.70. The summed E-state index contributed by atoms with van der Waals surface area (Å²) >= 11 is 0. The number of amides is 1. The molecular weight excluding hydrogens is 256 g/mol. The van der Waals surface area contributed by atoms with Crippen molar-refractivity contribution >= 4 is 16.9 Å². The lowest BCUT2D eigenvalue weighted by Gasteiger charge is -2.39. The van der Waals surface area contributed by atoms with Crippen LogP contribution in [-0.2, 0) is 0 Å². The first kappa shape index (κ1) is 11.2. The fourth-order valence-electron chi connectivity index (χ4n) is 2.44. The van der Waals surface area contributed by atoms with Crippen molar-refractivity contribution in [1.29, 1.82) is 0 Å². The van der Waals surface area contributed by atoms with Gasteiger partial charge in [0.2, 0.25) is 0 Å². The second-order valence-corrected chi connectivity index (χ2v) is 4.88. The van der Waals surface area contributed by atoms with Crippen LogP contribution in [0, 0.1) is 0 Å². The minimum absolute atomic E-state index is 0.0262. The molecule has 1 fully saturated rings. The van der Waals surface area contributed by atoms with Crippen molar-refractivity contribution in [3.63, 3.8) is 0 Å². The molecule has 0 unspecified atom stereocenters. The molecular formula is C13H12N6O. The third kappa shape index (κ3) is 1.67. The lowest BCUT2D eigenvalue weighted by molar-refractivity contribution is 0.0502. The number of hydrogen-bond donors (Lipinski definition) is 1. The number of nitrogens with one attached hydrogen (secondary N) is 1. The molecule has 0 atom stereocenters. The molecule has 0 radical (unpaired) electrons. The molecule has 0 spiro atoms. The van der Waals surface area contributed by atoms with Crippen molar-refractivity contribution in [2.75, 3.05) is 13.1 Å². The molecule has 0 aliphatic carbocycles. The molecule has 4 rings (SSSR count). The van der Waals surface area contributed by atoms with E-state index in [0.29, 0.717) is 24.2 Å². The van der Waals surface area contributed by atoms with Crippen molar-refractivity contribution in [2.45, 2.75) is 6.04 Å². The van der Waals surface area contributed by atoms with E-state index in [1.165, 1.54) is 0 Å². The summed E-state index contributed by atoms with van der Waals surface area (Å²) in [6.07, 6.45) is 3.68. The molecule has 7 nitrogen and oxygen atoms in total. The molecule has 1 aromatic carbocycles. The van der Waals surface area contributed by atoms with Crippen LogP contribution >= 0.6 is 0 Å². The Morgan fingerprint density at radius 1 is 1.25 bits per heavy atom. The van der Waals surface area contributed by atoms with Gasteiger partial charge in [-0.3, -0.25) is 9.48 Å². The number of H-pyrrole nitrogens is 1. The molecule has 100 valence electrons. The maximum absolute atomic E-state index is 12.3. The van der Waals surface area contributed by atoms with E-state index in [4.69, 9.17) is 0 Å². The van der Waals surface area contributed by atoms with Crippen molar-refractivity contribution in [3.8, 4) is 0 Å². The molecule has 3 heterocycles. The van der Waals surface area contributed by atoms with Gasteiger partial charge in [-0.1, -0.05) is 0 Å². The maximum Gasteiger partial charge on any atom is 0.254 e. The van der Waals surface area contributed by atoms with Crippen LogP contribution in [0.2, 0.25) is 0 Å². The molecule has 2 aromatic heterocycles. The molecule has 0 bridgehead atoms. The van der Waals surface area contributed by atoms with Gasteiger partial charge in [0.1, 0.15) is 11.0 Å². The van der Waals surface area contributed by atoms with Crippen molar-refractivity contribution in [1.82, 2.24) is 30.1 Å². The summed E-state index contributed by atoms with van der Waals surface area (Å²) in [5, 5.41) is 14.7. The summed E-state index contributed by atoms with van der Waals surface area (Å²) in [5.41, 5.74) is 2.12. The van der Waals surface area contributed by atoms with Crippen LogP contribution in [0.15, 0.2) is 36.7 Å². The predicted octanol–water partition coefficient (Wildman–Crippen LogP) is 0.851. The van der Waals surface area contributed by atoms with Crippen LogP contribution in [0.25, 0.3) is 11.0 Å². The number of carbonyl (C=O) groups is 1. The van der Waals surface area contributed by atoms with Crippen molar-refractivity contribution in [2.24, 2.45) is 0 Å². The summed E-state index contributed by atoms with van der Waals surface area (Å²) < 4.78 is 1.89. The minimum atomic E-state index is 0.0262. The Balaban J connectivity index is 1.51. The highest BCUT2D eigenvalue weighted by atomic mass is 16.2. The van der Waals surface area contributed by atoms with Crippen molar-refractivity contribution in [3.05, 3.63) is 42.2 Å². The van der Waals surface area contributed by atoms with Crippen LogP contribution in [-0.4, -0.2) is 49.1 Å². The molecule has 1 aliphatic rings.